The van der Waals surface area contributed by atoms with Crippen molar-refractivity contribution >= 4 is 56.4 Å². The summed E-state index contributed by atoms with van der Waals surface area (Å²) < 4.78 is 33.1. The number of hydrogen-bond acceptors (Lipinski definition) is 10. The number of nitrogens with two attached hydrogens (primary N) is 1. The first-order chi connectivity index (χ1) is 17.4. The molecule has 1 aliphatic rings. The van der Waals surface area contributed by atoms with Crippen molar-refractivity contribution in [3.63, 3.8) is 0 Å². The van der Waals surface area contributed by atoms with Crippen LogP contribution in [0.25, 0.3) is 0 Å². The van der Waals surface area contributed by atoms with Gasteiger partial charge in [-0.15, -0.1) is 11.3 Å². The zero-order valence-corrected chi connectivity index (χ0v) is 22.1. The standard InChI is InChI=1S/C22H23Cl2N5O6S2/c23-12-3-1-2-10(4-12)17(25)13-6-16(36-21(13)24)19(31)14-8-26-9-27-22(14)29-15-5-11(18(30)20(15)32)7-28-37(33,34)35/h1-4,6,8-9,11,15,17-18,20,28,30,32H,5,7,25H2,(H,26,27,29)(H,33,34,35)/t11-,15-,17-,18-,20+/m1/s1. The fraction of sp³-hybridized carbons (Fsp3) is 0.318. The van der Waals surface area contributed by atoms with Crippen LogP contribution in [0, 0.1) is 5.92 Å². The molecule has 15 heteroatoms. The van der Waals surface area contributed by atoms with Gasteiger partial charge in [0, 0.05) is 29.2 Å². The number of nitrogens with zero attached hydrogens (tertiary/aromatic N) is 2. The number of carbonyl (C=O) groups is 1. The molecule has 1 aromatic carbocycles. The zero-order valence-electron chi connectivity index (χ0n) is 19.0. The lowest BCUT2D eigenvalue weighted by molar-refractivity contribution is 0.0184. The molecule has 0 unspecified atom stereocenters. The predicted octanol–water partition coefficient (Wildman–Crippen LogP) is 2.04. The molecule has 3 aromatic rings. The van der Waals surface area contributed by atoms with E-state index in [1.54, 1.807) is 30.3 Å². The van der Waals surface area contributed by atoms with Crippen molar-refractivity contribution in [2.45, 2.75) is 30.7 Å². The number of rotatable bonds is 9. The van der Waals surface area contributed by atoms with E-state index in [1.165, 1.54) is 12.5 Å². The van der Waals surface area contributed by atoms with Crippen molar-refractivity contribution in [1.29, 1.82) is 0 Å². The molecule has 37 heavy (non-hydrogen) atoms. The number of nitrogens with one attached hydrogen (secondary N) is 2. The number of halogens is 2. The van der Waals surface area contributed by atoms with Crippen LogP contribution in [0.4, 0.5) is 5.82 Å². The van der Waals surface area contributed by atoms with Gasteiger partial charge in [-0.05, 0) is 30.2 Å². The molecule has 11 nitrogen and oxygen atoms in total. The third-order valence-corrected chi connectivity index (χ3v) is 8.24. The minimum Gasteiger partial charge on any atom is -0.390 e. The molecule has 7 N–H and O–H groups in total. The lowest BCUT2D eigenvalue weighted by Crippen LogP contribution is -2.37. The van der Waals surface area contributed by atoms with E-state index in [0.29, 0.717) is 14.9 Å². The number of aliphatic hydroxyl groups is 2. The molecule has 4 rings (SSSR count). The maximum absolute atomic E-state index is 13.4. The summed E-state index contributed by atoms with van der Waals surface area (Å²) in [7, 11) is -4.46. The maximum Gasteiger partial charge on any atom is 0.333 e. The van der Waals surface area contributed by atoms with Crippen LogP contribution >= 0.6 is 34.5 Å². The van der Waals surface area contributed by atoms with Gasteiger partial charge in [-0.3, -0.25) is 9.35 Å². The number of hydrogen-bond donors (Lipinski definition) is 6. The van der Waals surface area contributed by atoms with Gasteiger partial charge in [-0.25, -0.2) is 9.97 Å². The molecule has 0 aliphatic heterocycles. The van der Waals surface area contributed by atoms with Crippen LogP contribution in [0.1, 0.15) is 38.8 Å². The van der Waals surface area contributed by atoms with Gasteiger partial charge in [0.1, 0.15) is 18.2 Å². The molecule has 198 valence electrons. The molecular weight excluding hydrogens is 565 g/mol. The molecule has 0 saturated heterocycles. The summed E-state index contributed by atoms with van der Waals surface area (Å²) in [5, 5.41) is 24.3. The Kier molecular flexibility index (Phi) is 8.48. The van der Waals surface area contributed by atoms with E-state index >= 15 is 0 Å². The topological polar surface area (TPSA) is 188 Å². The highest BCUT2D eigenvalue weighted by Gasteiger charge is 2.42. The monoisotopic (exact) mass is 587 g/mol. The van der Waals surface area contributed by atoms with E-state index in [0.717, 1.165) is 16.9 Å². The van der Waals surface area contributed by atoms with Crippen molar-refractivity contribution in [1.82, 2.24) is 14.7 Å². The van der Waals surface area contributed by atoms with Crippen molar-refractivity contribution in [3.8, 4) is 0 Å². The third-order valence-electron chi connectivity index (χ3n) is 6.09. The molecule has 5 atom stereocenters. The highest BCUT2D eigenvalue weighted by Crippen LogP contribution is 2.36. The van der Waals surface area contributed by atoms with E-state index in [-0.39, 0.29) is 29.2 Å². The van der Waals surface area contributed by atoms with Crippen molar-refractivity contribution in [3.05, 3.63) is 73.8 Å². The first-order valence-corrected chi connectivity index (χ1v) is 14.0. The van der Waals surface area contributed by atoms with Crippen LogP contribution in [-0.2, 0) is 10.3 Å². The molecule has 2 heterocycles. The minimum atomic E-state index is -4.46. The average Bonchev–Trinajstić information content (AvgIpc) is 3.36. The highest BCUT2D eigenvalue weighted by atomic mass is 35.5. The Morgan fingerprint density at radius 2 is 2.00 bits per heavy atom. The summed E-state index contributed by atoms with van der Waals surface area (Å²) in [5.41, 5.74) is 7.75. The van der Waals surface area contributed by atoms with Gasteiger partial charge in [0.2, 0.25) is 5.78 Å². The van der Waals surface area contributed by atoms with Crippen molar-refractivity contribution in [2.24, 2.45) is 11.7 Å². The number of aliphatic hydroxyl groups excluding tert-OH is 2. The summed E-state index contributed by atoms with van der Waals surface area (Å²) in [4.78, 5) is 21.7. The SMILES string of the molecule is N[C@H](c1cccc(Cl)c1)c1cc(C(=O)c2cncnc2N[C@@H]2C[C@H](CNS(=O)(=O)O)[C@@H](O)[C@H]2O)sc1Cl. The van der Waals surface area contributed by atoms with Crippen LogP contribution in [-0.4, -0.2) is 63.7 Å². The average molecular weight is 588 g/mol. The second-order valence-electron chi connectivity index (χ2n) is 8.54. The predicted molar refractivity (Wildman–Crippen MR) is 139 cm³/mol. The van der Waals surface area contributed by atoms with Crippen LogP contribution in [0.15, 0.2) is 42.9 Å². The second-order valence-corrected chi connectivity index (χ2v) is 11.9. The molecule has 1 aliphatic carbocycles. The van der Waals surface area contributed by atoms with E-state index < -0.39 is 46.3 Å². The number of benzene rings is 1. The van der Waals surface area contributed by atoms with E-state index in [4.69, 9.17) is 33.5 Å². The van der Waals surface area contributed by atoms with E-state index in [2.05, 4.69) is 15.3 Å². The largest absolute Gasteiger partial charge is 0.390 e. The zero-order chi connectivity index (χ0) is 26.9. The Morgan fingerprint density at radius 3 is 2.70 bits per heavy atom. The smallest absolute Gasteiger partial charge is 0.333 e. The molecule has 0 radical (unpaired) electrons. The van der Waals surface area contributed by atoms with Crippen molar-refractivity contribution < 1.29 is 28.0 Å². The van der Waals surface area contributed by atoms with Crippen LogP contribution < -0.4 is 15.8 Å². The van der Waals surface area contributed by atoms with Gasteiger partial charge < -0.3 is 21.3 Å². The molecule has 0 bridgehead atoms. The Labute approximate surface area is 226 Å². The molecule has 1 fully saturated rings. The Balaban J connectivity index is 1.54. The lowest BCUT2D eigenvalue weighted by atomic mass is 10.0. The first-order valence-electron chi connectivity index (χ1n) is 10.9. The van der Waals surface area contributed by atoms with E-state index in [1.807, 2.05) is 4.72 Å². The minimum absolute atomic E-state index is 0.101. The molecule has 2 aromatic heterocycles. The quantitative estimate of drug-likeness (QED) is 0.159. The summed E-state index contributed by atoms with van der Waals surface area (Å²) in [6, 6.07) is 7.23. The van der Waals surface area contributed by atoms with Crippen LogP contribution in [0.5, 0.6) is 0 Å². The number of anilines is 1. The highest BCUT2D eigenvalue weighted by molar-refractivity contribution is 7.83. The summed E-state index contributed by atoms with van der Waals surface area (Å²) >= 11 is 13.5. The normalized spacial score (nSPS) is 22.6. The van der Waals surface area contributed by atoms with Crippen LogP contribution in [0.2, 0.25) is 9.36 Å². The second kappa shape index (κ2) is 11.3. The molecular formula is C22H23Cl2N5O6S2. The summed E-state index contributed by atoms with van der Waals surface area (Å²) in [6.45, 7) is -0.284. The Bertz CT molecular complexity index is 1410. The Morgan fingerprint density at radius 1 is 1.24 bits per heavy atom. The van der Waals surface area contributed by atoms with Crippen LogP contribution in [0.3, 0.4) is 0 Å². The third kappa shape index (κ3) is 6.45. The number of carbonyl (C=O) groups excluding carboxylic acids is 1. The van der Waals surface area contributed by atoms with Gasteiger partial charge in [-0.2, -0.15) is 13.1 Å². The maximum atomic E-state index is 13.4. The number of aromatic nitrogens is 2. The van der Waals surface area contributed by atoms with E-state index in [9.17, 15) is 23.4 Å². The molecule has 0 spiro atoms. The first kappa shape index (κ1) is 27.8. The molecule has 0 amide bonds. The van der Waals surface area contributed by atoms with Gasteiger partial charge in [-0.1, -0.05) is 35.3 Å². The molecule has 1 saturated carbocycles. The summed E-state index contributed by atoms with van der Waals surface area (Å²) in [6.07, 6.45) is 0.1000. The van der Waals surface area contributed by atoms with Gasteiger partial charge in [0.25, 0.3) is 0 Å². The van der Waals surface area contributed by atoms with Gasteiger partial charge in [0.05, 0.1) is 33.0 Å². The Hall–Kier alpha value is -2.20. The summed E-state index contributed by atoms with van der Waals surface area (Å²) in [5.74, 6) is -1.01. The van der Waals surface area contributed by atoms with Gasteiger partial charge >= 0.3 is 10.3 Å². The lowest BCUT2D eigenvalue weighted by Gasteiger charge is -2.19. The number of ketones is 1. The fourth-order valence-corrected chi connectivity index (χ4v) is 6.12. The fourth-order valence-electron chi connectivity index (χ4n) is 4.19. The van der Waals surface area contributed by atoms with Gasteiger partial charge in [0.15, 0.2) is 0 Å². The van der Waals surface area contributed by atoms with Crippen molar-refractivity contribution in [2.75, 3.05) is 11.9 Å². The number of thiophene rings is 1.